The van der Waals surface area contributed by atoms with Crippen molar-refractivity contribution in [3.63, 3.8) is 0 Å². The van der Waals surface area contributed by atoms with E-state index in [2.05, 4.69) is 20.9 Å². The largest absolute Gasteiger partial charge is 0.478 e. The fraction of sp³-hybridized carbons (Fsp3) is 0.194. The second kappa shape index (κ2) is 12.3. The number of carboxylic acid groups (broad SMARTS) is 1. The van der Waals surface area contributed by atoms with Gasteiger partial charge in [-0.15, -0.1) is 0 Å². The standard InChI is InChI=1S/C24H23N7O.C7H6O2/c25-11-16-5-1-2-6-18(16)14-31-23(32)22-21(20(13-28-22)17-7-3-9-27-12-17)29-24(31)30-10-4-8-19(26)15-30;8-7(9)6-4-2-1-3-5-6/h1-3,5-7,9,12-13,19,28H,4,8,10,14-15,26H2;1-5H,(H,8,9)/t19-;/m1./s1. The number of rotatable bonds is 5. The van der Waals surface area contributed by atoms with Gasteiger partial charge in [0.2, 0.25) is 5.95 Å². The highest BCUT2D eigenvalue weighted by Crippen LogP contribution is 2.28. The van der Waals surface area contributed by atoms with Gasteiger partial charge in [0.25, 0.3) is 5.56 Å². The van der Waals surface area contributed by atoms with Gasteiger partial charge in [0, 0.05) is 48.8 Å². The molecule has 0 bridgehead atoms. The lowest BCUT2D eigenvalue weighted by atomic mass is 10.1. The van der Waals surface area contributed by atoms with E-state index in [1.165, 1.54) is 0 Å². The molecule has 1 aliphatic heterocycles. The van der Waals surface area contributed by atoms with E-state index in [4.69, 9.17) is 15.8 Å². The molecule has 1 fully saturated rings. The highest BCUT2D eigenvalue weighted by atomic mass is 16.4. The van der Waals surface area contributed by atoms with Crippen LogP contribution in [0.25, 0.3) is 22.2 Å². The molecule has 3 aromatic heterocycles. The molecule has 0 saturated carbocycles. The smallest absolute Gasteiger partial charge is 0.335 e. The zero-order chi connectivity index (χ0) is 28.8. The number of carbonyl (C=O) groups is 1. The Labute approximate surface area is 236 Å². The van der Waals surface area contributed by atoms with Crippen LogP contribution in [0.3, 0.4) is 0 Å². The number of nitriles is 1. The summed E-state index contributed by atoms with van der Waals surface area (Å²) in [6.07, 6.45) is 7.16. The summed E-state index contributed by atoms with van der Waals surface area (Å²) >= 11 is 0. The van der Waals surface area contributed by atoms with Crippen molar-refractivity contribution in [2.75, 3.05) is 18.0 Å². The van der Waals surface area contributed by atoms with Crippen LogP contribution in [0, 0.1) is 11.3 Å². The number of nitrogens with one attached hydrogen (secondary N) is 1. The Morgan fingerprint density at radius 2 is 1.90 bits per heavy atom. The van der Waals surface area contributed by atoms with Crippen LogP contribution in [0.5, 0.6) is 0 Å². The first-order valence-electron chi connectivity index (χ1n) is 13.3. The number of nitrogens with zero attached hydrogens (tertiary/aromatic N) is 5. The van der Waals surface area contributed by atoms with Crippen molar-refractivity contribution in [2.24, 2.45) is 5.73 Å². The molecular weight excluding hydrogens is 518 g/mol. The van der Waals surface area contributed by atoms with E-state index in [0.717, 1.165) is 36.1 Å². The normalized spacial score (nSPS) is 14.6. The summed E-state index contributed by atoms with van der Waals surface area (Å²) < 4.78 is 1.65. The Balaban J connectivity index is 0.000000321. The molecule has 5 aromatic rings. The predicted octanol–water partition coefficient (Wildman–Crippen LogP) is 4.02. The van der Waals surface area contributed by atoms with E-state index in [0.29, 0.717) is 34.7 Å². The zero-order valence-corrected chi connectivity index (χ0v) is 22.3. The number of benzene rings is 2. The van der Waals surface area contributed by atoms with Crippen molar-refractivity contribution in [3.8, 4) is 17.2 Å². The van der Waals surface area contributed by atoms with E-state index in [9.17, 15) is 14.9 Å². The molecule has 2 aromatic carbocycles. The number of anilines is 1. The summed E-state index contributed by atoms with van der Waals surface area (Å²) in [6.45, 7) is 1.66. The number of carboxylic acids is 1. The molecule has 0 amide bonds. The highest BCUT2D eigenvalue weighted by molar-refractivity contribution is 5.92. The molecule has 41 heavy (non-hydrogen) atoms. The van der Waals surface area contributed by atoms with Gasteiger partial charge in [0.1, 0.15) is 11.0 Å². The van der Waals surface area contributed by atoms with Crippen molar-refractivity contribution in [3.05, 3.63) is 112 Å². The molecule has 10 heteroatoms. The second-order valence-electron chi connectivity index (χ2n) is 9.76. The molecule has 0 radical (unpaired) electrons. The number of piperidine rings is 1. The summed E-state index contributed by atoms with van der Waals surface area (Å²) in [5.41, 5.74) is 10.5. The summed E-state index contributed by atoms with van der Waals surface area (Å²) in [6, 6.07) is 21.7. The summed E-state index contributed by atoms with van der Waals surface area (Å²) in [7, 11) is 0. The lowest BCUT2D eigenvalue weighted by Crippen LogP contribution is -2.45. The molecule has 1 atom stereocenters. The average Bonchev–Trinajstić information content (AvgIpc) is 3.44. The molecule has 4 heterocycles. The quantitative estimate of drug-likeness (QED) is 0.298. The first-order valence-corrected chi connectivity index (χ1v) is 13.3. The predicted molar refractivity (Wildman–Crippen MR) is 157 cm³/mol. The molecule has 0 unspecified atom stereocenters. The number of aromatic amines is 1. The molecular formula is C31H29N7O3. The molecule has 0 aliphatic carbocycles. The van der Waals surface area contributed by atoms with Crippen molar-refractivity contribution in [1.29, 1.82) is 5.26 Å². The second-order valence-corrected chi connectivity index (χ2v) is 9.76. The number of aromatic nitrogens is 4. The molecule has 10 nitrogen and oxygen atoms in total. The van der Waals surface area contributed by atoms with Crippen molar-refractivity contribution in [1.82, 2.24) is 19.5 Å². The van der Waals surface area contributed by atoms with Gasteiger partial charge in [-0.3, -0.25) is 14.3 Å². The van der Waals surface area contributed by atoms with Crippen molar-refractivity contribution < 1.29 is 9.90 Å². The number of H-pyrrole nitrogens is 1. The molecule has 1 aliphatic rings. The minimum atomic E-state index is -0.879. The van der Waals surface area contributed by atoms with Crippen LogP contribution < -0.4 is 16.2 Å². The van der Waals surface area contributed by atoms with E-state index < -0.39 is 5.97 Å². The Kier molecular flexibility index (Phi) is 8.18. The first-order chi connectivity index (χ1) is 20.0. The Morgan fingerprint density at radius 1 is 1.12 bits per heavy atom. The minimum absolute atomic E-state index is 0.0280. The van der Waals surface area contributed by atoms with Gasteiger partial charge >= 0.3 is 5.97 Å². The van der Waals surface area contributed by atoms with Gasteiger partial charge in [-0.25, -0.2) is 9.78 Å². The Bertz CT molecular complexity index is 1760. The SMILES string of the molecule is N#Cc1ccccc1Cn1c(N2CCC[C@@H](N)C2)nc2c(-c3cccnc3)c[nH]c2c1=O.O=C(O)c1ccccc1. The number of nitrogens with two attached hydrogens (primary N) is 1. The van der Waals surface area contributed by atoms with Gasteiger partial charge in [-0.2, -0.15) is 5.26 Å². The minimum Gasteiger partial charge on any atom is -0.478 e. The van der Waals surface area contributed by atoms with Gasteiger partial charge in [0.05, 0.1) is 23.7 Å². The van der Waals surface area contributed by atoms with Crippen LogP contribution in [0.4, 0.5) is 5.95 Å². The molecule has 6 rings (SSSR count). The third-order valence-electron chi connectivity index (χ3n) is 6.97. The molecule has 1 saturated heterocycles. The monoisotopic (exact) mass is 547 g/mol. The van der Waals surface area contributed by atoms with Crippen LogP contribution in [-0.2, 0) is 6.54 Å². The number of hydrogen-bond acceptors (Lipinski definition) is 7. The average molecular weight is 548 g/mol. The lowest BCUT2D eigenvalue weighted by molar-refractivity contribution is 0.0697. The maximum atomic E-state index is 13.7. The van der Waals surface area contributed by atoms with E-state index in [1.807, 2.05) is 30.3 Å². The van der Waals surface area contributed by atoms with E-state index >= 15 is 0 Å². The van der Waals surface area contributed by atoms with Gasteiger partial charge in [-0.1, -0.05) is 42.5 Å². The number of pyridine rings is 1. The third-order valence-corrected chi connectivity index (χ3v) is 6.97. The lowest BCUT2D eigenvalue weighted by Gasteiger charge is -2.33. The van der Waals surface area contributed by atoms with Crippen molar-refractivity contribution >= 4 is 23.0 Å². The van der Waals surface area contributed by atoms with E-state index in [-0.39, 0.29) is 18.1 Å². The number of aromatic carboxylic acids is 1. The Hall–Kier alpha value is -5.27. The van der Waals surface area contributed by atoms with E-state index in [1.54, 1.807) is 59.6 Å². The van der Waals surface area contributed by atoms with Crippen LogP contribution in [0.2, 0.25) is 0 Å². The zero-order valence-electron chi connectivity index (χ0n) is 22.3. The van der Waals surface area contributed by atoms with Crippen molar-refractivity contribution in [2.45, 2.75) is 25.4 Å². The van der Waals surface area contributed by atoms with Gasteiger partial charge in [0.15, 0.2) is 0 Å². The summed E-state index contributed by atoms with van der Waals surface area (Å²) in [5, 5.41) is 17.9. The number of hydrogen-bond donors (Lipinski definition) is 3. The van der Waals surface area contributed by atoms with Crippen LogP contribution in [-0.4, -0.2) is 49.7 Å². The van der Waals surface area contributed by atoms with Crippen LogP contribution in [0.15, 0.2) is 90.1 Å². The topological polar surface area (TPSA) is 154 Å². The van der Waals surface area contributed by atoms with Crippen LogP contribution >= 0.6 is 0 Å². The third kappa shape index (κ3) is 6.00. The maximum absolute atomic E-state index is 13.7. The fourth-order valence-corrected chi connectivity index (χ4v) is 4.92. The Morgan fingerprint density at radius 3 is 2.59 bits per heavy atom. The molecule has 0 spiro atoms. The molecule has 4 N–H and O–H groups in total. The van der Waals surface area contributed by atoms with Gasteiger partial charge in [-0.05, 0) is 42.7 Å². The fourth-order valence-electron chi connectivity index (χ4n) is 4.92. The van der Waals surface area contributed by atoms with Crippen LogP contribution in [0.1, 0.15) is 34.3 Å². The summed E-state index contributed by atoms with van der Waals surface area (Å²) in [5.74, 6) is -0.300. The summed E-state index contributed by atoms with van der Waals surface area (Å²) in [4.78, 5) is 38.2. The first kappa shape index (κ1) is 27.3. The molecule has 206 valence electrons. The number of fused-ring (bicyclic) bond motifs is 1. The highest BCUT2D eigenvalue weighted by Gasteiger charge is 2.24. The van der Waals surface area contributed by atoms with Gasteiger partial charge < -0.3 is 20.7 Å². The maximum Gasteiger partial charge on any atom is 0.335 e.